The number of hydrazone groups is 1. The summed E-state index contributed by atoms with van der Waals surface area (Å²) in [4.78, 5) is 24.8. The van der Waals surface area contributed by atoms with Crippen LogP contribution in [0.5, 0.6) is 11.5 Å². The molecule has 0 atom stereocenters. The van der Waals surface area contributed by atoms with Gasteiger partial charge < -0.3 is 15.2 Å². The fourth-order valence-corrected chi connectivity index (χ4v) is 2.91. The molecule has 2 rings (SSSR count). The average molecular weight is 440 g/mol. The van der Waals surface area contributed by atoms with Crippen molar-refractivity contribution in [1.82, 2.24) is 10.7 Å². The number of hydrogen-bond acceptors (Lipinski definition) is 5. The van der Waals surface area contributed by atoms with E-state index in [1.54, 1.807) is 18.2 Å². The van der Waals surface area contributed by atoms with Crippen molar-refractivity contribution in [2.24, 2.45) is 5.10 Å². The molecular weight excluding hydrogens is 406 g/mol. The molecule has 0 saturated heterocycles. The van der Waals surface area contributed by atoms with Gasteiger partial charge in [0, 0.05) is 11.1 Å². The lowest BCUT2D eigenvalue weighted by Gasteiger charge is -2.26. The Balaban J connectivity index is 2.05. The highest BCUT2D eigenvalue weighted by Gasteiger charge is 2.22. The Labute approximate surface area is 189 Å². The molecule has 0 aliphatic carbocycles. The van der Waals surface area contributed by atoms with Crippen LogP contribution in [-0.4, -0.2) is 36.8 Å². The average Bonchev–Trinajstić information content (AvgIpc) is 2.71. The zero-order chi connectivity index (χ0) is 24.1. The highest BCUT2D eigenvalue weighted by molar-refractivity contribution is 5.97. The lowest BCUT2D eigenvalue weighted by molar-refractivity contribution is -0.120. The van der Waals surface area contributed by atoms with Gasteiger partial charge in [-0.1, -0.05) is 53.7 Å². The first-order valence-corrected chi connectivity index (χ1v) is 10.4. The molecule has 2 aromatic rings. The molecule has 0 bridgehead atoms. The van der Waals surface area contributed by atoms with Crippen LogP contribution in [0, 0.1) is 0 Å². The molecule has 2 amide bonds. The third kappa shape index (κ3) is 6.57. The van der Waals surface area contributed by atoms with Crippen LogP contribution in [0.25, 0.3) is 0 Å². The second-order valence-electron chi connectivity index (χ2n) is 9.67. The molecule has 0 saturated carbocycles. The molecule has 2 aromatic carbocycles. The fourth-order valence-electron chi connectivity index (χ4n) is 2.91. The summed E-state index contributed by atoms with van der Waals surface area (Å²) in [6, 6.07) is 10.8. The zero-order valence-electron chi connectivity index (χ0n) is 19.9. The van der Waals surface area contributed by atoms with Crippen LogP contribution in [-0.2, 0) is 15.6 Å². The molecule has 7 nitrogen and oxygen atoms in total. The van der Waals surface area contributed by atoms with Gasteiger partial charge in [0.25, 0.3) is 11.8 Å². The molecule has 0 spiro atoms. The number of rotatable bonds is 6. The summed E-state index contributed by atoms with van der Waals surface area (Å²) >= 11 is 0. The Morgan fingerprint density at radius 3 is 2.16 bits per heavy atom. The van der Waals surface area contributed by atoms with Gasteiger partial charge in [-0.15, -0.1) is 0 Å². The molecule has 172 valence electrons. The van der Waals surface area contributed by atoms with Gasteiger partial charge in [-0.3, -0.25) is 9.59 Å². The normalized spacial score (nSPS) is 12.0. The maximum absolute atomic E-state index is 12.7. The largest absolute Gasteiger partial charge is 0.504 e. The zero-order valence-corrected chi connectivity index (χ0v) is 19.9. The number of ether oxygens (including phenoxy) is 1. The van der Waals surface area contributed by atoms with Gasteiger partial charge in [-0.25, -0.2) is 5.43 Å². The predicted octanol–water partition coefficient (Wildman–Crippen LogP) is 3.88. The molecule has 0 heterocycles. The predicted molar refractivity (Wildman–Crippen MR) is 127 cm³/mol. The number of benzene rings is 2. The molecule has 3 N–H and O–H groups in total. The van der Waals surface area contributed by atoms with E-state index in [1.807, 2.05) is 12.1 Å². The minimum Gasteiger partial charge on any atom is -0.504 e. The number of amides is 2. The second-order valence-corrected chi connectivity index (χ2v) is 9.67. The van der Waals surface area contributed by atoms with E-state index in [-0.39, 0.29) is 29.0 Å². The minimum atomic E-state index is -0.486. The Bertz CT molecular complexity index is 983. The summed E-state index contributed by atoms with van der Waals surface area (Å²) in [6.07, 6.45) is 1.31. The Hall–Kier alpha value is -3.35. The molecule has 0 unspecified atom stereocenters. The third-order valence-corrected chi connectivity index (χ3v) is 4.98. The highest BCUT2D eigenvalue weighted by atomic mass is 16.5. The van der Waals surface area contributed by atoms with Gasteiger partial charge in [0.2, 0.25) is 0 Å². The quantitative estimate of drug-likeness (QED) is 0.470. The molecule has 0 radical (unpaired) electrons. The van der Waals surface area contributed by atoms with Crippen molar-refractivity contribution in [1.29, 1.82) is 0 Å². The van der Waals surface area contributed by atoms with Crippen LogP contribution in [0.1, 0.15) is 68.6 Å². The van der Waals surface area contributed by atoms with Crippen molar-refractivity contribution in [2.45, 2.75) is 52.4 Å². The van der Waals surface area contributed by atoms with Crippen molar-refractivity contribution in [3.05, 3.63) is 58.7 Å². The number of phenolic OH excluding ortho intramolecular Hbond substituents is 1. The number of carbonyl (C=O) groups excluding carboxylic acids is 2. The van der Waals surface area contributed by atoms with E-state index >= 15 is 0 Å². The SMILES string of the molecule is COc1cccc(/C=N\NC(=O)CNC(=O)c2cc(C(C)(C)C)cc(C(C)(C)C)c2)c1O. The van der Waals surface area contributed by atoms with Crippen molar-refractivity contribution >= 4 is 18.0 Å². The summed E-state index contributed by atoms with van der Waals surface area (Å²) in [5.74, 6) is -0.583. The summed E-state index contributed by atoms with van der Waals surface area (Å²) < 4.78 is 5.03. The Kier molecular flexibility index (Phi) is 7.67. The molecular formula is C25H33N3O4. The van der Waals surface area contributed by atoms with Crippen LogP contribution in [0.2, 0.25) is 0 Å². The van der Waals surface area contributed by atoms with Crippen molar-refractivity contribution in [3.63, 3.8) is 0 Å². The van der Waals surface area contributed by atoms with Crippen LogP contribution in [0.3, 0.4) is 0 Å². The van der Waals surface area contributed by atoms with E-state index in [2.05, 4.69) is 63.5 Å². The Morgan fingerprint density at radius 1 is 1.03 bits per heavy atom. The molecule has 0 fully saturated rings. The number of carbonyl (C=O) groups is 2. The first-order chi connectivity index (χ1) is 14.8. The van der Waals surface area contributed by atoms with Crippen molar-refractivity contribution in [2.75, 3.05) is 13.7 Å². The second kappa shape index (κ2) is 9.85. The van der Waals surface area contributed by atoms with Crippen LogP contribution in [0.4, 0.5) is 0 Å². The number of aromatic hydroxyl groups is 1. The topological polar surface area (TPSA) is 100 Å². The van der Waals surface area contributed by atoms with Crippen LogP contribution < -0.4 is 15.5 Å². The van der Waals surface area contributed by atoms with Gasteiger partial charge in [-0.05, 0) is 46.2 Å². The number of phenols is 1. The molecule has 0 aliphatic rings. The summed E-state index contributed by atoms with van der Waals surface area (Å²) in [5, 5.41) is 16.5. The number of para-hydroxylation sites is 1. The van der Waals surface area contributed by atoms with E-state index < -0.39 is 5.91 Å². The molecule has 7 heteroatoms. The standard InChI is InChI=1S/C25H33N3O4/c1-24(2,3)18-11-17(12-19(13-18)25(4,5)6)23(31)26-15-21(29)28-27-14-16-9-8-10-20(32-7)22(16)30/h8-14,30H,15H2,1-7H3,(H,26,31)(H,28,29)/b27-14-. The summed E-state index contributed by atoms with van der Waals surface area (Å²) in [5.41, 5.74) is 5.12. The van der Waals surface area contributed by atoms with Gasteiger partial charge in [0.15, 0.2) is 11.5 Å². The van der Waals surface area contributed by atoms with Crippen molar-refractivity contribution in [3.8, 4) is 11.5 Å². The van der Waals surface area contributed by atoms with E-state index in [0.29, 0.717) is 16.9 Å². The number of methoxy groups -OCH3 is 1. The third-order valence-electron chi connectivity index (χ3n) is 4.98. The van der Waals surface area contributed by atoms with E-state index in [9.17, 15) is 14.7 Å². The molecule has 32 heavy (non-hydrogen) atoms. The fraction of sp³-hybridized carbons (Fsp3) is 0.400. The lowest BCUT2D eigenvalue weighted by Crippen LogP contribution is -2.35. The highest BCUT2D eigenvalue weighted by Crippen LogP contribution is 2.30. The number of hydrogen-bond donors (Lipinski definition) is 3. The van der Waals surface area contributed by atoms with E-state index in [4.69, 9.17) is 4.74 Å². The van der Waals surface area contributed by atoms with Gasteiger partial charge in [0.1, 0.15) is 0 Å². The van der Waals surface area contributed by atoms with E-state index in [0.717, 1.165) is 11.1 Å². The summed E-state index contributed by atoms with van der Waals surface area (Å²) in [7, 11) is 1.45. The van der Waals surface area contributed by atoms with Crippen molar-refractivity contribution < 1.29 is 19.4 Å². The van der Waals surface area contributed by atoms with Gasteiger partial charge in [-0.2, -0.15) is 5.10 Å². The Morgan fingerprint density at radius 2 is 1.62 bits per heavy atom. The first kappa shape index (κ1) is 24.9. The summed E-state index contributed by atoms with van der Waals surface area (Å²) in [6.45, 7) is 12.4. The monoisotopic (exact) mass is 439 g/mol. The number of nitrogens with one attached hydrogen (secondary N) is 2. The van der Waals surface area contributed by atoms with E-state index in [1.165, 1.54) is 13.3 Å². The minimum absolute atomic E-state index is 0.0744. The molecule has 0 aromatic heterocycles. The first-order valence-electron chi connectivity index (χ1n) is 10.4. The lowest BCUT2D eigenvalue weighted by atomic mass is 9.79. The number of nitrogens with zero attached hydrogens (tertiary/aromatic N) is 1. The maximum Gasteiger partial charge on any atom is 0.259 e. The van der Waals surface area contributed by atoms with Gasteiger partial charge >= 0.3 is 0 Å². The van der Waals surface area contributed by atoms with Crippen LogP contribution in [0.15, 0.2) is 41.5 Å². The van der Waals surface area contributed by atoms with Gasteiger partial charge in [0.05, 0.1) is 19.9 Å². The van der Waals surface area contributed by atoms with Crippen LogP contribution >= 0.6 is 0 Å². The maximum atomic E-state index is 12.7. The molecule has 0 aliphatic heterocycles. The smallest absolute Gasteiger partial charge is 0.259 e.